The van der Waals surface area contributed by atoms with Crippen LogP contribution in [-0.4, -0.2) is 82.9 Å². The van der Waals surface area contributed by atoms with Crippen molar-refractivity contribution in [3.63, 3.8) is 0 Å². The molecule has 5 atom stereocenters. The fourth-order valence-corrected chi connectivity index (χ4v) is 7.81. The van der Waals surface area contributed by atoms with Crippen LogP contribution in [0.25, 0.3) is 5.52 Å². The highest BCUT2D eigenvalue weighted by Gasteiger charge is 2.46. The van der Waals surface area contributed by atoms with Gasteiger partial charge in [0.25, 0.3) is 0 Å². The standard InChI is InChI=1S/C19H28N4O9P2/c24-16-14(8-31-34(29,30)10-33(26,27)28)32-18(17(16)25)13-7-11-5-6-22(12-3-1-2-4-12)19-15(11)23(13)21-9-20-19/h7,9,12,14,16-18,24-25H,1-6,8,10H2,(H,29,30)(H2,26,27,28)/t14-,16-,17-,18+/m1/s1. The Morgan fingerprint density at radius 1 is 1.15 bits per heavy atom. The summed E-state index contributed by atoms with van der Waals surface area (Å²) in [5, 5.41) is 25.5. The van der Waals surface area contributed by atoms with Crippen LogP contribution in [0, 0.1) is 0 Å². The van der Waals surface area contributed by atoms with Crippen molar-refractivity contribution in [1.29, 1.82) is 0 Å². The average Bonchev–Trinajstić information content (AvgIpc) is 3.47. The quantitative estimate of drug-likeness (QED) is 0.321. The SMILES string of the molecule is O=P(O)(O)CP(=O)(O)OC[C@H]1O[C@@H](c2cc3c4c(ncnn24)N(C2CCCC2)CC3)[C@H](O)[C@@H]1O. The zero-order chi connectivity index (χ0) is 24.3. The third kappa shape index (κ3) is 4.57. The Kier molecular flexibility index (Phi) is 6.37. The molecule has 2 aromatic heterocycles. The van der Waals surface area contributed by atoms with Crippen LogP contribution in [0.1, 0.15) is 43.0 Å². The number of aliphatic hydroxyl groups is 2. The second kappa shape index (κ2) is 8.92. The van der Waals surface area contributed by atoms with Gasteiger partial charge in [-0.05, 0) is 30.9 Å². The minimum absolute atomic E-state index is 0.434. The molecule has 2 fully saturated rings. The highest BCUT2D eigenvalue weighted by atomic mass is 31.2. The van der Waals surface area contributed by atoms with Crippen molar-refractivity contribution < 1.29 is 43.3 Å². The lowest BCUT2D eigenvalue weighted by atomic mass is 10.0. The summed E-state index contributed by atoms with van der Waals surface area (Å²) in [5.74, 6) is -0.514. The van der Waals surface area contributed by atoms with E-state index >= 15 is 0 Å². The van der Waals surface area contributed by atoms with Crippen LogP contribution in [-0.2, 0) is 24.8 Å². The molecule has 2 aromatic rings. The molecule has 0 bridgehead atoms. The predicted octanol–water partition coefficient (Wildman–Crippen LogP) is 0.533. The average molecular weight is 518 g/mol. The molecule has 5 rings (SSSR count). The number of ether oxygens (including phenoxy) is 1. The van der Waals surface area contributed by atoms with Crippen LogP contribution in [0.2, 0.25) is 0 Å². The maximum atomic E-state index is 11.9. The molecule has 34 heavy (non-hydrogen) atoms. The first-order chi connectivity index (χ1) is 16.0. The zero-order valence-electron chi connectivity index (χ0n) is 18.3. The number of aliphatic hydroxyl groups excluding tert-OH is 2. The van der Waals surface area contributed by atoms with Crippen LogP contribution >= 0.6 is 15.2 Å². The van der Waals surface area contributed by atoms with Crippen molar-refractivity contribution in [2.45, 2.75) is 62.6 Å². The molecule has 1 saturated carbocycles. The van der Waals surface area contributed by atoms with E-state index in [-0.39, 0.29) is 0 Å². The second-order valence-electron chi connectivity index (χ2n) is 9.14. The molecule has 4 heterocycles. The maximum absolute atomic E-state index is 11.9. The molecule has 0 radical (unpaired) electrons. The minimum Gasteiger partial charge on any atom is -0.387 e. The molecule has 1 saturated heterocycles. The summed E-state index contributed by atoms with van der Waals surface area (Å²) in [6, 6.07) is 2.30. The molecular formula is C19H28N4O9P2. The van der Waals surface area contributed by atoms with Crippen molar-refractivity contribution >= 4 is 26.5 Å². The summed E-state index contributed by atoms with van der Waals surface area (Å²) in [7, 11) is -9.42. The Morgan fingerprint density at radius 2 is 1.88 bits per heavy atom. The van der Waals surface area contributed by atoms with Gasteiger partial charge in [0.2, 0.25) is 0 Å². The molecule has 2 aliphatic heterocycles. The van der Waals surface area contributed by atoms with Crippen LogP contribution < -0.4 is 4.90 Å². The van der Waals surface area contributed by atoms with Gasteiger partial charge in [0, 0.05) is 12.6 Å². The fraction of sp³-hybridized carbons (Fsp3) is 0.684. The smallest absolute Gasteiger partial charge is 0.340 e. The van der Waals surface area contributed by atoms with Gasteiger partial charge in [0.15, 0.2) is 11.7 Å². The zero-order valence-corrected chi connectivity index (χ0v) is 20.0. The lowest BCUT2D eigenvalue weighted by molar-refractivity contribution is -0.0203. The van der Waals surface area contributed by atoms with Gasteiger partial charge in [-0.15, -0.1) is 0 Å². The van der Waals surface area contributed by atoms with Gasteiger partial charge in [0.05, 0.1) is 12.3 Å². The molecule has 0 aromatic carbocycles. The summed E-state index contributed by atoms with van der Waals surface area (Å²) in [6.45, 7) is 0.195. The Morgan fingerprint density at radius 3 is 2.59 bits per heavy atom. The van der Waals surface area contributed by atoms with E-state index in [1.54, 1.807) is 4.52 Å². The fourth-order valence-electron chi connectivity index (χ4n) is 5.25. The van der Waals surface area contributed by atoms with E-state index in [1.807, 2.05) is 6.07 Å². The van der Waals surface area contributed by atoms with Crippen molar-refractivity contribution in [3.05, 3.63) is 23.7 Å². The summed E-state index contributed by atoms with van der Waals surface area (Å²) in [4.78, 5) is 34.4. The van der Waals surface area contributed by atoms with E-state index in [2.05, 4.69) is 15.0 Å². The van der Waals surface area contributed by atoms with Crippen molar-refractivity contribution in [2.75, 3.05) is 24.0 Å². The van der Waals surface area contributed by atoms with Crippen molar-refractivity contribution in [3.8, 4) is 0 Å². The number of hydrogen-bond acceptors (Lipinski definition) is 9. The Labute approximate surface area is 195 Å². The Hall–Kier alpha value is -1.40. The summed E-state index contributed by atoms with van der Waals surface area (Å²) in [5.41, 5.74) is 2.35. The predicted molar refractivity (Wildman–Crippen MR) is 119 cm³/mol. The number of rotatable bonds is 7. The van der Waals surface area contributed by atoms with Gasteiger partial charge >= 0.3 is 15.2 Å². The summed E-state index contributed by atoms with van der Waals surface area (Å²) >= 11 is 0. The third-order valence-corrected chi connectivity index (χ3v) is 10.2. The Bertz CT molecular complexity index is 1160. The number of aromatic nitrogens is 3. The molecular weight excluding hydrogens is 490 g/mol. The molecule has 1 aliphatic carbocycles. The highest BCUT2D eigenvalue weighted by Crippen LogP contribution is 2.55. The molecule has 13 nitrogen and oxygen atoms in total. The van der Waals surface area contributed by atoms with Crippen LogP contribution in [0.3, 0.4) is 0 Å². The van der Waals surface area contributed by atoms with Gasteiger partial charge in [0.1, 0.15) is 36.3 Å². The summed E-state index contributed by atoms with van der Waals surface area (Å²) in [6.07, 6.45) is 1.85. The van der Waals surface area contributed by atoms with Crippen LogP contribution in [0.4, 0.5) is 5.82 Å². The van der Waals surface area contributed by atoms with Gasteiger partial charge in [-0.3, -0.25) is 9.13 Å². The number of nitrogens with zero attached hydrogens (tertiary/aromatic N) is 4. The second-order valence-corrected chi connectivity index (χ2v) is 13.1. The van der Waals surface area contributed by atoms with Crippen molar-refractivity contribution in [2.24, 2.45) is 0 Å². The lowest BCUT2D eigenvalue weighted by Crippen LogP contribution is -2.38. The lowest BCUT2D eigenvalue weighted by Gasteiger charge is -2.33. The normalized spacial score (nSPS) is 29.7. The maximum Gasteiger partial charge on any atom is 0.340 e. The van der Waals surface area contributed by atoms with E-state index in [0.29, 0.717) is 11.7 Å². The van der Waals surface area contributed by atoms with Gasteiger partial charge < -0.3 is 39.1 Å². The molecule has 3 aliphatic rings. The molecule has 188 valence electrons. The van der Waals surface area contributed by atoms with Crippen LogP contribution in [0.15, 0.2) is 12.4 Å². The highest BCUT2D eigenvalue weighted by molar-refractivity contribution is 7.70. The number of hydrogen-bond donors (Lipinski definition) is 5. The molecule has 1 unspecified atom stereocenters. The first kappa shape index (κ1) is 24.3. The minimum atomic E-state index is -4.79. The largest absolute Gasteiger partial charge is 0.387 e. The molecule has 0 amide bonds. The topological polar surface area (TPSA) is 187 Å². The third-order valence-electron chi connectivity index (χ3n) is 6.76. The van der Waals surface area contributed by atoms with E-state index in [1.165, 1.54) is 19.2 Å². The van der Waals surface area contributed by atoms with E-state index in [9.17, 15) is 24.2 Å². The monoisotopic (exact) mass is 518 g/mol. The van der Waals surface area contributed by atoms with Gasteiger partial charge in [-0.1, -0.05) is 12.8 Å². The van der Waals surface area contributed by atoms with E-state index in [4.69, 9.17) is 19.0 Å². The van der Waals surface area contributed by atoms with Crippen LogP contribution in [0.5, 0.6) is 0 Å². The van der Waals surface area contributed by atoms with E-state index < -0.39 is 52.1 Å². The first-order valence-corrected chi connectivity index (χ1v) is 14.7. The first-order valence-electron chi connectivity index (χ1n) is 11.2. The van der Waals surface area contributed by atoms with E-state index in [0.717, 1.165) is 42.7 Å². The molecule has 15 heteroatoms. The van der Waals surface area contributed by atoms with Crippen molar-refractivity contribution in [1.82, 2.24) is 14.6 Å². The summed E-state index contributed by atoms with van der Waals surface area (Å²) < 4.78 is 35.2. The Balaban J connectivity index is 1.38. The number of anilines is 1. The van der Waals surface area contributed by atoms with Gasteiger partial charge in [-0.25, -0.2) is 9.50 Å². The molecule has 5 N–H and O–H groups in total. The molecule has 0 spiro atoms. The van der Waals surface area contributed by atoms with Gasteiger partial charge in [-0.2, -0.15) is 5.10 Å².